The molecule has 68 valence electrons. The van der Waals surface area contributed by atoms with Crippen LogP contribution in [-0.4, -0.2) is 6.54 Å². The van der Waals surface area contributed by atoms with Gasteiger partial charge < -0.3 is 5.32 Å². The van der Waals surface area contributed by atoms with Crippen molar-refractivity contribution in [2.45, 2.75) is 20.8 Å². The van der Waals surface area contributed by atoms with Crippen LogP contribution in [0, 0.1) is 32.1 Å². The molecule has 2 nitrogen and oxygen atoms in total. The van der Waals surface area contributed by atoms with Crippen molar-refractivity contribution < 1.29 is 0 Å². The van der Waals surface area contributed by atoms with Gasteiger partial charge in [-0.1, -0.05) is 6.07 Å². The fourth-order valence-electron chi connectivity index (χ4n) is 1.29. The maximum absolute atomic E-state index is 8.43. The van der Waals surface area contributed by atoms with E-state index in [-0.39, 0.29) is 0 Å². The molecule has 0 unspecified atom stereocenters. The molecule has 1 aromatic carbocycles. The minimum absolute atomic E-state index is 0.364. The number of aryl methyl sites for hydroxylation is 3. The van der Waals surface area contributed by atoms with Crippen molar-refractivity contribution in [3.05, 3.63) is 28.8 Å². The van der Waals surface area contributed by atoms with Crippen molar-refractivity contribution in [1.82, 2.24) is 0 Å². The van der Waals surface area contributed by atoms with Gasteiger partial charge in [-0.2, -0.15) is 5.26 Å². The predicted octanol–water partition coefficient (Wildman–Crippen LogP) is 2.55. The number of anilines is 1. The zero-order chi connectivity index (χ0) is 9.84. The largest absolute Gasteiger partial charge is 0.372 e. The van der Waals surface area contributed by atoms with Gasteiger partial charge in [0.2, 0.25) is 0 Å². The Morgan fingerprint density at radius 1 is 1.15 bits per heavy atom. The van der Waals surface area contributed by atoms with Crippen LogP contribution in [0.25, 0.3) is 0 Å². The summed E-state index contributed by atoms with van der Waals surface area (Å²) in [6.45, 7) is 6.58. The van der Waals surface area contributed by atoms with Crippen molar-refractivity contribution in [2.24, 2.45) is 0 Å². The fourth-order valence-corrected chi connectivity index (χ4v) is 1.29. The molecule has 13 heavy (non-hydrogen) atoms. The Morgan fingerprint density at radius 2 is 1.77 bits per heavy atom. The predicted molar refractivity (Wildman–Crippen MR) is 54.8 cm³/mol. The Labute approximate surface area is 79.2 Å². The monoisotopic (exact) mass is 174 g/mol. The molecule has 0 atom stereocenters. The minimum atomic E-state index is 0.364. The van der Waals surface area contributed by atoms with E-state index in [0.717, 1.165) is 5.69 Å². The topological polar surface area (TPSA) is 35.8 Å². The van der Waals surface area contributed by atoms with Crippen molar-refractivity contribution in [2.75, 3.05) is 11.9 Å². The first-order valence-electron chi connectivity index (χ1n) is 4.34. The highest BCUT2D eigenvalue weighted by molar-refractivity contribution is 5.55. The number of nitrogens with one attached hydrogen (secondary N) is 1. The molecule has 0 saturated carbocycles. The molecule has 2 heteroatoms. The van der Waals surface area contributed by atoms with Crippen LogP contribution in [0.1, 0.15) is 16.7 Å². The number of nitriles is 1. The molecule has 0 fully saturated rings. The van der Waals surface area contributed by atoms with Gasteiger partial charge in [0, 0.05) is 5.69 Å². The number of rotatable bonds is 2. The van der Waals surface area contributed by atoms with Gasteiger partial charge in [0.15, 0.2) is 0 Å². The summed E-state index contributed by atoms with van der Waals surface area (Å²) in [7, 11) is 0. The Morgan fingerprint density at radius 3 is 2.38 bits per heavy atom. The zero-order valence-corrected chi connectivity index (χ0v) is 8.31. The molecule has 0 aliphatic heterocycles. The normalized spacial score (nSPS) is 9.38. The Kier molecular flexibility index (Phi) is 2.92. The van der Waals surface area contributed by atoms with Crippen LogP contribution in [0.4, 0.5) is 5.69 Å². The van der Waals surface area contributed by atoms with Gasteiger partial charge in [0.1, 0.15) is 6.54 Å². The smallest absolute Gasteiger partial charge is 0.103 e. The molecule has 1 rings (SSSR count). The van der Waals surface area contributed by atoms with Gasteiger partial charge >= 0.3 is 0 Å². The molecule has 0 aromatic heterocycles. The van der Waals surface area contributed by atoms with Crippen molar-refractivity contribution in [3.63, 3.8) is 0 Å². The van der Waals surface area contributed by atoms with Crippen molar-refractivity contribution in [1.29, 1.82) is 5.26 Å². The van der Waals surface area contributed by atoms with Gasteiger partial charge in [-0.05, 0) is 43.5 Å². The highest BCUT2D eigenvalue weighted by atomic mass is 14.9. The summed E-state index contributed by atoms with van der Waals surface area (Å²) in [5.41, 5.74) is 4.80. The SMILES string of the molecule is Cc1cc(C)c(NCC#N)cc1C. The highest BCUT2D eigenvalue weighted by Gasteiger charge is 1.99. The third-order valence-corrected chi connectivity index (χ3v) is 2.20. The van der Waals surface area contributed by atoms with Crippen molar-refractivity contribution >= 4 is 5.69 Å². The third kappa shape index (κ3) is 2.22. The molecule has 0 saturated heterocycles. The third-order valence-electron chi connectivity index (χ3n) is 2.20. The summed E-state index contributed by atoms with van der Waals surface area (Å²) in [4.78, 5) is 0. The van der Waals surface area contributed by atoms with Crippen LogP contribution in [0.5, 0.6) is 0 Å². The summed E-state index contributed by atoms with van der Waals surface area (Å²) >= 11 is 0. The second-order valence-corrected chi connectivity index (χ2v) is 3.26. The lowest BCUT2D eigenvalue weighted by atomic mass is 10.1. The summed E-state index contributed by atoms with van der Waals surface area (Å²) < 4.78 is 0. The van der Waals surface area contributed by atoms with Gasteiger partial charge in [-0.15, -0.1) is 0 Å². The van der Waals surface area contributed by atoms with Gasteiger partial charge in [0.25, 0.3) is 0 Å². The molecule has 0 aliphatic carbocycles. The van der Waals surface area contributed by atoms with E-state index < -0.39 is 0 Å². The van der Waals surface area contributed by atoms with E-state index in [1.807, 2.05) is 6.92 Å². The number of nitrogens with zero attached hydrogens (tertiary/aromatic N) is 1. The highest BCUT2D eigenvalue weighted by Crippen LogP contribution is 2.19. The van der Waals surface area contributed by atoms with Crippen LogP contribution >= 0.6 is 0 Å². The lowest BCUT2D eigenvalue weighted by Crippen LogP contribution is -2.01. The van der Waals surface area contributed by atoms with E-state index in [2.05, 4.69) is 37.4 Å². The van der Waals surface area contributed by atoms with Gasteiger partial charge in [0.05, 0.1) is 6.07 Å². The summed E-state index contributed by atoms with van der Waals surface area (Å²) in [5.74, 6) is 0. The van der Waals surface area contributed by atoms with Gasteiger partial charge in [-0.25, -0.2) is 0 Å². The van der Waals surface area contributed by atoms with Crippen LogP contribution in [0.2, 0.25) is 0 Å². The van der Waals surface area contributed by atoms with E-state index in [1.54, 1.807) is 0 Å². The Bertz CT molecular complexity index is 348. The quantitative estimate of drug-likeness (QED) is 0.699. The molecule has 1 aromatic rings. The summed E-state index contributed by atoms with van der Waals surface area (Å²) in [6.07, 6.45) is 0. The summed E-state index contributed by atoms with van der Waals surface area (Å²) in [5, 5.41) is 11.5. The standard InChI is InChI=1S/C11H14N2/c1-8-6-10(3)11(7-9(8)2)13-5-4-12/h6-7,13H,5H2,1-3H3. The van der Waals surface area contributed by atoms with Crippen LogP contribution < -0.4 is 5.32 Å². The lowest BCUT2D eigenvalue weighted by Gasteiger charge is -2.09. The first-order valence-corrected chi connectivity index (χ1v) is 4.34. The molecule has 0 bridgehead atoms. The molecule has 0 heterocycles. The first-order chi connectivity index (χ1) is 6.15. The van der Waals surface area contributed by atoms with E-state index >= 15 is 0 Å². The molecular weight excluding hydrogens is 160 g/mol. The van der Waals surface area contributed by atoms with E-state index in [9.17, 15) is 0 Å². The van der Waals surface area contributed by atoms with Crippen molar-refractivity contribution in [3.8, 4) is 6.07 Å². The zero-order valence-electron chi connectivity index (χ0n) is 8.31. The average Bonchev–Trinajstić information content (AvgIpc) is 2.09. The molecule has 0 aliphatic rings. The Hall–Kier alpha value is -1.49. The average molecular weight is 174 g/mol. The second-order valence-electron chi connectivity index (χ2n) is 3.26. The lowest BCUT2D eigenvalue weighted by molar-refractivity contribution is 1.25. The van der Waals surface area contributed by atoms with E-state index in [0.29, 0.717) is 6.54 Å². The van der Waals surface area contributed by atoms with E-state index in [1.165, 1.54) is 16.7 Å². The fraction of sp³-hybridized carbons (Fsp3) is 0.364. The molecule has 0 radical (unpaired) electrons. The van der Waals surface area contributed by atoms with Gasteiger partial charge in [-0.3, -0.25) is 0 Å². The number of benzene rings is 1. The maximum Gasteiger partial charge on any atom is 0.103 e. The van der Waals surface area contributed by atoms with Crippen LogP contribution in [0.15, 0.2) is 12.1 Å². The van der Waals surface area contributed by atoms with Crippen LogP contribution in [0.3, 0.4) is 0 Å². The molecule has 0 spiro atoms. The maximum atomic E-state index is 8.43. The second kappa shape index (κ2) is 3.95. The first kappa shape index (κ1) is 9.60. The molecule has 0 amide bonds. The Balaban J connectivity index is 2.96. The minimum Gasteiger partial charge on any atom is -0.372 e. The van der Waals surface area contributed by atoms with Crippen LogP contribution in [-0.2, 0) is 0 Å². The molecular formula is C11H14N2. The number of hydrogen-bond acceptors (Lipinski definition) is 2. The number of hydrogen-bond donors (Lipinski definition) is 1. The van der Waals surface area contributed by atoms with E-state index in [4.69, 9.17) is 5.26 Å². The molecule has 1 N–H and O–H groups in total. The summed E-state index contributed by atoms with van der Waals surface area (Å²) in [6, 6.07) is 6.29.